The van der Waals surface area contributed by atoms with Crippen molar-refractivity contribution in [1.29, 1.82) is 0 Å². The van der Waals surface area contributed by atoms with Gasteiger partial charge in [0.2, 0.25) is 5.91 Å². The fourth-order valence-corrected chi connectivity index (χ4v) is 3.83. The predicted molar refractivity (Wildman–Crippen MR) is 102 cm³/mol. The van der Waals surface area contributed by atoms with Gasteiger partial charge in [-0.1, -0.05) is 18.2 Å². The average molecular weight is 357 g/mol. The molecule has 4 heterocycles. The number of amides is 1. The van der Waals surface area contributed by atoms with Gasteiger partial charge in [0.25, 0.3) is 0 Å². The Morgan fingerprint density at radius 2 is 2.11 bits per heavy atom. The van der Waals surface area contributed by atoms with Crippen LogP contribution in [0.25, 0.3) is 11.3 Å². The maximum atomic E-state index is 12.4. The number of carbonyl (C=O) groups is 1. The summed E-state index contributed by atoms with van der Waals surface area (Å²) in [7, 11) is 0. The lowest BCUT2D eigenvalue weighted by atomic mass is 9.91. The zero-order valence-corrected chi connectivity index (χ0v) is 15.0. The number of nitrogens with one attached hydrogen (secondary N) is 1. The van der Waals surface area contributed by atoms with Gasteiger partial charge in [-0.25, -0.2) is 9.67 Å². The minimum absolute atomic E-state index is 0.0453. The topological polar surface area (TPSA) is 64.2 Å². The maximum Gasteiger partial charge on any atom is 0.221 e. The van der Waals surface area contributed by atoms with Crippen LogP contribution in [0.1, 0.15) is 34.9 Å². The number of pyridine rings is 1. The zero-order chi connectivity index (χ0) is 18.4. The van der Waals surface area contributed by atoms with Gasteiger partial charge in [-0.3, -0.25) is 4.79 Å². The number of hydrogen-bond donors (Lipinski definition) is 1. The van der Waals surface area contributed by atoms with Crippen LogP contribution in [0.2, 0.25) is 0 Å². The van der Waals surface area contributed by atoms with Gasteiger partial charge in [0, 0.05) is 30.9 Å². The number of aryl methyl sites for hydroxylation is 1. The van der Waals surface area contributed by atoms with E-state index >= 15 is 0 Å². The summed E-state index contributed by atoms with van der Waals surface area (Å²) in [4.78, 5) is 17.2. The van der Waals surface area contributed by atoms with Gasteiger partial charge in [-0.2, -0.15) is 5.10 Å². The fraction of sp³-hybridized carbons (Fsp3) is 0.190. The third-order valence-corrected chi connectivity index (χ3v) is 5.09. The van der Waals surface area contributed by atoms with Gasteiger partial charge in [0.1, 0.15) is 5.65 Å². The first kappa shape index (κ1) is 15.8. The Labute approximate surface area is 156 Å². The highest BCUT2D eigenvalue weighted by atomic mass is 16.1. The third-order valence-electron chi connectivity index (χ3n) is 5.09. The van der Waals surface area contributed by atoms with E-state index in [1.807, 2.05) is 35.1 Å². The second-order valence-electron chi connectivity index (χ2n) is 6.96. The molecule has 1 amide bonds. The van der Waals surface area contributed by atoms with E-state index in [0.29, 0.717) is 13.0 Å². The van der Waals surface area contributed by atoms with Gasteiger partial charge in [-0.15, -0.1) is 0 Å². The normalized spacial score (nSPS) is 16.8. The van der Waals surface area contributed by atoms with Crippen LogP contribution >= 0.6 is 0 Å². The average Bonchev–Trinajstić information content (AvgIpc) is 3.29. The quantitative estimate of drug-likeness (QED) is 0.600. The number of fused-ring (bicyclic) bond motifs is 3. The monoisotopic (exact) mass is 357 g/mol. The summed E-state index contributed by atoms with van der Waals surface area (Å²) in [5, 5.41) is 7.31. The summed E-state index contributed by atoms with van der Waals surface area (Å²) in [5.41, 5.74) is 6.16. The van der Waals surface area contributed by atoms with Gasteiger partial charge < -0.3 is 9.72 Å². The lowest BCUT2D eigenvalue weighted by molar-refractivity contribution is -0.121. The SMILES string of the molecule is Cc1ccc2nc3c(n2c1)[C@H](c1cccc(-n2cccn2)c1)CC(=O)NC3. The summed E-state index contributed by atoms with van der Waals surface area (Å²) < 4.78 is 3.97. The van der Waals surface area contributed by atoms with Crippen LogP contribution in [-0.4, -0.2) is 25.1 Å². The van der Waals surface area contributed by atoms with Crippen LogP contribution in [0, 0.1) is 6.92 Å². The molecule has 1 atom stereocenters. The molecule has 6 nitrogen and oxygen atoms in total. The van der Waals surface area contributed by atoms with Crippen molar-refractivity contribution < 1.29 is 4.79 Å². The molecule has 0 spiro atoms. The highest BCUT2D eigenvalue weighted by Crippen LogP contribution is 2.34. The van der Waals surface area contributed by atoms with Crippen molar-refractivity contribution >= 4 is 11.6 Å². The molecule has 27 heavy (non-hydrogen) atoms. The van der Waals surface area contributed by atoms with E-state index in [2.05, 4.69) is 46.1 Å². The van der Waals surface area contributed by atoms with Crippen molar-refractivity contribution in [1.82, 2.24) is 24.5 Å². The zero-order valence-electron chi connectivity index (χ0n) is 15.0. The summed E-state index contributed by atoms with van der Waals surface area (Å²) in [6.45, 7) is 2.53. The Kier molecular flexibility index (Phi) is 3.57. The number of rotatable bonds is 2. The fourth-order valence-electron chi connectivity index (χ4n) is 3.83. The second-order valence-corrected chi connectivity index (χ2v) is 6.96. The van der Waals surface area contributed by atoms with Gasteiger partial charge in [0.05, 0.1) is 23.6 Å². The molecule has 1 aliphatic heterocycles. The highest BCUT2D eigenvalue weighted by molar-refractivity contribution is 5.78. The molecule has 134 valence electrons. The minimum atomic E-state index is -0.0604. The molecule has 6 heteroatoms. The maximum absolute atomic E-state index is 12.4. The van der Waals surface area contributed by atoms with Crippen LogP contribution < -0.4 is 5.32 Å². The molecule has 4 aromatic rings. The Hall–Kier alpha value is -3.41. The summed E-state index contributed by atoms with van der Waals surface area (Å²) >= 11 is 0. The molecule has 0 bridgehead atoms. The molecule has 1 aromatic carbocycles. The van der Waals surface area contributed by atoms with Crippen LogP contribution in [0.4, 0.5) is 0 Å². The Balaban J connectivity index is 1.70. The van der Waals surface area contributed by atoms with Crippen LogP contribution in [0.15, 0.2) is 61.1 Å². The lowest BCUT2D eigenvalue weighted by Gasteiger charge is -2.17. The Morgan fingerprint density at radius 3 is 2.96 bits per heavy atom. The molecule has 0 unspecified atom stereocenters. The Bertz CT molecular complexity index is 1140. The first-order valence-electron chi connectivity index (χ1n) is 9.03. The predicted octanol–water partition coefficient (Wildman–Crippen LogP) is 2.98. The number of imidazole rings is 1. The first-order chi connectivity index (χ1) is 13.2. The third kappa shape index (κ3) is 2.70. The van der Waals surface area contributed by atoms with E-state index in [-0.39, 0.29) is 11.8 Å². The molecule has 1 N–H and O–H groups in total. The van der Waals surface area contributed by atoms with Crippen molar-refractivity contribution in [2.24, 2.45) is 0 Å². The summed E-state index contributed by atoms with van der Waals surface area (Å²) in [6, 6.07) is 14.2. The lowest BCUT2D eigenvalue weighted by Crippen LogP contribution is -2.21. The molecule has 1 aliphatic rings. The van der Waals surface area contributed by atoms with Crippen LogP contribution in [0.3, 0.4) is 0 Å². The number of benzene rings is 1. The molecule has 5 rings (SSSR count). The van der Waals surface area contributed by atoms with Crippen molar-refractivity contribution in [3.63, 3.8) is 0 Å². The molecular formula is C21H19N5O. The standard InChI is InChI=1S/C21H19N5O/c1-14-6-7-19-24-18-12-22-20(27)11-17(21(18)25(19)13-14)15-4-2-5-16(10-15)26-9-3-8-23-26/h2-10,13,17H,11-12H2,1H3,(H,22,27)/t17-/m0/s1. The smallest absolute Gasteiger partial charge is 0.221 e. The number of carbonyl (C=O) groups excluding carboxylic acids is 1. The van der Waals surface area contributed by atoms with E-state index in [9.17, 15) is 4.79 Å². The van der Waals surface area contributed by atoms with Crippen molar-refractivity contribution in [3.05, 3.63) is 83.6 Å². The molecular weight excluding hydrogens is 338 g/mol. The largest absolute Gasteiger partial charge is 0.350 e. The molecule has 3 aromatic heterocycles. The first-order valence-corrected chi connectivity index (χ1v) is 9.03. The van der Waals surface area contributed by atoms with E-state index in [4.69, 9.17) is 4.98 Å². The summed E-state index contributed by atoms with van der Waals surface area (Å²) in [5.74, 6) is -0.0151. The summed E-state index contributed by atoms with van der Waals surface area (Å²) in [6.07, 6.45) is 6.18. The van der Waals surface area contributed by atoms with E-state index in [1.54, 1.807) is 6.20 Å². The number of nitrogens with zero attached hydrogens (tertiary/aromatic N) is 4. The van der Waals surface area contributed by atoms with Crippen molar-refractivity contribution in [2.75, 3.05) is 0 Å². The molecule has 0 aliphatic carbocycles. The second kappa shape index (κ2) is 6.09. The highest BCUT2D eigenvalue weighted by Gasteiger charge is 2.29. The van der Waals surface area contributed by atoms with Crippen molar-refractivity contribution in [3.8, 4) is 5.69 Å². The van der Waals surface area contributed by atoms with Crippen LogP contribution in [-0.2, 0) is 11.3 Å². The molecule has 0 saturated heterocycles. The minimum Gasteiger partial charge on any atom is -0.350 e. The van der Waals surface area contributed by atoms with Crippen molar-refractivity contribution in [2.45, 2.75) is 25.8 Å². The molecule has 0 fully saturated rings. The molecule has 0 radical (unpaired) electrons. The van der Waals surface area contributed by atoms with E-state index in [0.717, 1.165) is 33.8 Å². The van der Waals surface area contributed by atoms with Gasteiger partial charge >= 0.3 is 0 Å². The molecule has 0 saturated carbocycles. The van der Waals surface area contributed by atoms with E-state index in [1.165, 1.54) is 0 Å². The van der Waals surface area contributed by atoms with Crippen LogP contribution in [0.5, 0.6) is 0 Å². The van der Waals surface area contributed by atoms with Gasteiger partial charge in [-0.05, 0) is 42.3 Å². The van der Waals surface area contributed by atoms with Gasteiger partial charge in [0.15, 0.2) is 0 Å². The number of hydrogen-bond acceptors (Lipinski definition) is 3. The Morgan fingerprint density at radius 1 is 1.19 bits per heavy atom. The van der Waals surface area contributed by atoms with E-state index < -0.39 is 0 Å². The number of aromatic nitrogens is 4.